The quantitative estimate of drug-likeness (QED) is 0.788. The SMILES string of the molecule is COC1=CC(=O)c2c(O)c(OC)c(O)c3c(O)cc(C)c1c23. The van der Waals surface area contributed by atoms with Gasteiger partial charge in [-0.25, -0.2) is 0 Å². The zero-order valence-corrected chi connectivity index (χ0v) is 12.2. The lowest BCUT2D eigenvalue weighted by Gasteiger charge is -2.22. The van der Waals surface area contributed by atoms with Crippen LogP contribution in [0.15, 0.2) is 12.1 Å². The van der Waals surface area contributed by atoms with Crippen molar-refractivity contribution in [3.8, 4) is 23.0 Å². The lowest BCUT2D eigenvalue weighted by Crippen LogP contribution is -2.09. The number of phenolic OH excluding ortho intramolecular Hbond substituents is 3. The van der Waals surface area contributed by atoms with Crippen LogP contribution in [0.3, 0.4) is 0 Å². The minimum atomic E-state index is -0.491. The number of carbonyl (C=O) groups is 1. The minimum Gasteiger partial charge on any atom is -0.507 e. The van der Waals surface area contributed by atoms with Gasteiger partial charge in [0.15, 0.2) is 17.3 Å². The molecule has 0 atom stereocenters. The molecule has 6 nitrogen and oxygen atoms in total. The molecule has 0 aromatic heterocycles. The van der Waals surface area contributed by atoms with E-state index >= 15 is 0 Å². The number of rotatable bonds is 2. The molecule has 0 saturated heterocycles. The summed E-state index contributed by atoms with van der Waals surface area (Å²) in [6.45, 7) is 1.74. The molecule has 22 heavy (non-hydrogen) atoms. The molecule has 0 unspecified atom stereocenters. The molecule has 0 saturated carbocycles. The zero-order valence-electron chi connectivity index (χ0n) is 12.2. The average molecular weight is 302 g/mol. The summed E-state index contributed by atoms with van der Waals surface area (Å²) in [5.74, 6) is -1.54. The molecule has 2 aromatic carbocycles. The number of hydrogen-bond acceptors (Lipinski definition) is 6. The number of allylic oxidation sites excluding steroid dienone is 1. The van der Waals surface area contributed by atoms with Gasteiger partial charge in [0.1, 0.15) is 11.5 Å². The van der Waals surface area contributed by atoms with Crippen molar-refractivity contribution in [3.63, 3.8) is 0 Å². The monoisotopic (exact) mass is 302 g/mol. The van der Waals surface area contributed by atoms with Crippen molar-refractivity contribution in [1.82, 2.24) is 0 Å². The van der Waals surface area contributed by atoms with Gasteiger partial charge >= 0.3 is 0 Å². The van der Waals surface area contributed by atoms with Crippen molar-refractivity contribution >= 4 is 22.3 Å². The first-order chi connectivity index (χ1) is 10.4. The summed E-state index contributed by atoms with van der Waals surface area (Å²) >= 11 is 0. The summed E-state index contributed by atoms with van der Waals surface area (Å²) in [7, 11) is 2.68. The van der Waals surface area contributed by atoms with E-state index in [0.29, 0.717) is 16.9 Å². The smallest absolute Gasteiger partial charge is 0.204 e. The van der Waals surface area contributed by atoms with Crippen LogP contribution >= 0.6 is 0 Å². The molecule has 114 valence electrons. The second kappa shape index (κ2) is 4.56. The van der Waals surface area contributed by atoms with Crippen LogP contribution in [0.2, 0.25) is 0 Å². The van der Waals surface area contributed by atoms with Crippen molar-refractivity contribution in [1.29, 1.82) is 0 Å². The number of aryl methyl sites for hydroxylation is 1. The molecule has 0 bridgehead atoms. The molecule has 6 heteroatoms. The number of carbonyl (C=O) groups excluding carboxylic acids is 1. The van der Waals surface area contributed by atoms with Crippen LogP contribution in [-0.4, -0.2) is 35.3 Å². The first-order valence-corrected chi connectivity index (χ1v) is 6.50. The predicted molar refractivity (Wildman–Crippen MR) is 79.5 cm³/mol. The number of aromatic hydroxyl groups is 3. The van der Waals surface area contributed by atoms with E-state index in [0.717, 1.165) is 0 Å². The normalized spacial score (nSPS) is 13.2. The molecule has 0 fully saturated rings. The zero-order chi connectivity index (χ0) is 16.2. The molecule has 1 aliphatic rings. The summed E-state index contributed by atoms with van der Waals surface area (Å²) in [5, 5.41) is 31.1. The van der Waals surface area contributed by atoms with Crippen LogP contribution < -0.4 is 4.74 Å². The number of ether oxygens (including phenoxy) is 2. The van der Waals surface area contributed by atoms with Crippen LogP contribution in [0.4, 0.5) is 0 Å². The van der Waals surface area contributed by atoms with Gasteiger partial charge in [0.25, 0.3) is 0 Å². The second-order valence-corrected chi connectivity index (χ2v) is 5.02. The Kier molecular flexibility index (Phi) is 2.91. The third kappa shape index (κ3) is 1.57. The van der Waals surface area contributed by atoms with E-state index in [2.05, 4.69) is 0 Å². The van der Waals surface area contributed by atoms with Crippen LogP contribution in [0.1, 0.15) is 21.5 Å². The van der Waals surface area contributed by atoms with E-state index in [-0.39, 0.29) is 27.8 Å². The number of benzene rings is 2. The van der Waals surface area contributed by atoms with Gasteiger partial charge in [-0.2, -0.15) is 0 Å². The van der Waals surface area contributed by atoms with Crippen molar-refractivity contribution in [2.24, 2.45) is 0 Å². The molecular formula is C16H14O6. The summed E-state index contributed by atoms with van der Waals surface area (Å²) < 4.78 is 10.2. The van der Waals surface area contributed by atoms with E-state index in [1.54, 1.807) is 6.92 Å². The first-order valence-electron chi connectivity index (χ1n) is 6.50. The van der Waals surface area contributed by atoms with Crippen LogP contribution in [0.5, 0.6) is 23.0 Å². The Hall–Kier alpha value is -2.89. The number of ketones is 1. The molecular weight excluding hydrogens is 288 g/mol. The van der Waals surface area contributed by atoms with E-state index in [1.165, 1.54) is 26.4 Å². The van der Waals surface area contributed by atoms with Gasteiger partial charge < -0.3 is 24.8 Å². The highest BCUT2D eigenvalue weighted by Gasteiger charge is 2.32. The molecule has 0 amide bonds. The van der Waals surface area contributed by atoms with Crippen LogP contribution in [0.25, 0.3) is 16.5 Å². The van der Waals surface area contributed by atoms with Crippen molar-refractivity contribution in [2.45, 2.75) is 6.92 Å². The van der Waals surface area contributed by atoms with Crippen molar-refractivity contribution in [2.75, 3.05) is 14.2 Å². The fourth-order valence-electron chi connectivity index (χ4n) is 2.92. The Morgan fingerprint density at radius 3 is 2.23 bits per heavy atom. The van der Waals surface area contributed by atoms with E-state index in [9.17, 15) is 20.1 Å². The molecule has 2 aromatic rings. The maximum atomic E-state index is 12.3. The fourth-order valence-corrected chi connectivity index (χ4v) is 2.92. The maximum absolute atomic E-state index is 12.3. The van der Waals surface area contributed by atoms with Gasteiger partial charge in [0, 0.05) is 17.0 Å². The van der Waals surface area contributed by atoms with Gasteiger partial charge in [0.2, 0.25) is 5.75 Å². The van der Waals surface area contributed by atoms with Gasteiger partial charge in [0.05, 0.1) is 25.2 Å². The van der Waals surface area contributed by atoms with Gasteiger partial charge in [-0.1, -0.05) is 0 Å². The molecule has 0 aliphatic heterocycles. The lowest BCUT2D eigenvalue weighted by molar-refractivity contribution is 0.104. The van der Waals surface area contributed by atoms with Gasteiger partial charge in [-0.05, 0) is 18.6 Å². The second-order valence-electron chi connectivity index (χ2n) is 5.02. The number of phenols is 3. The Balaban J connectivity index is 2.65. The Morgan fingerprint density at radius 1 is 0.955 bits per heavy atom. The summed E-state index contributed by atoms with van der Waals surface area (Å²) in [4.78, 5) is 12.3. The average Bonchev–Trinajstić information content (AvgIpc) is 2.45. The number of methoxy groups -OCH3 is 2. The van der Waals surface area contributed by atoms with E-state index in [1.807, 2.05) is 0 Å². The molecule has 1 aliphatic carbocycles. The highest BCUT2D eigenvalue weighted by molar-refractivity contribution is 6.25. The third-order valence-electron chi connectivity index (χ3n) is 3.84. The van der Waals surface area contributed by atoms with Crippen LogP contribution in [0, 0.1) is 6.92 Å². The van der Waals surface area contributed by atoms with Crippen molar-refractivity contribution < 1.29 is 29.6 Å². The molecule has 0 spiro atoms. The maximum Gasteiger partial charge on any atom is 0.204 e. The Labute approximate surface area is 125 Å². The van der Waals surface area contributed by atoms with Gasteiger partial charge in [-0.3, -0.25) is 4.79 Å². The van der Waals surface area contributed by atoms with Gasteiger partial charge in [-0.15, -0.1) is 0 Å². The molecule has 3 N–H and O–H groups in total. The van der Waals surface area contributed by atoms with E-state index < -0.39 is 17.3 Å². The standard InChI is InChI=1S/C16H14O6/c1-6-4-7(17)11-13-10(6)9(21-2)5-8(18)12(13)15(20)16(22-3)14(11)19/h4-5,17,19-20H,1-3H3. The highest BCUT2D eigenvalue weighted by Crippen LogP contribution is 2.52. The fraction of sp³-hybridized carbons (Fsp3) is 0.188. The third-order valence-corrected chi connectivity index (χ3v) is 3.84. The lowest BCUT2D eigenvalue weighted by atomic mass is 9.86. The first kappa shape index (κ1) is 14.1. The number of hydrogen-bond donors (Lipinski definition) is 3. The molecule has 0 heterocycles. The topological polar surface area (TPSA) is 96.2 Å². The summed E-state index contributed by atoms with van der Waals surface area (Å²) in [5.41, 5.74) is 1.16. The van der Waals surface area contributed by atoms with E-state index in [4.69, 9.17) is 9.47 Å². The largest absolute Gasteiger partial charge is 0.507 e. The Morgan fingerprint density at radius 2 is 1.64 bits per heavy atom. The van der Waals surface area contributed by atoms with Crippen molar-refractivity contribution in [3.05, 3.63) is 28.8 Å². The minimum absolute atomic E-state index is 0.0283. The molecule has 3 rings (SSSR count). The predicted octanol–water partition coefficient (Wildman–Crippen LogP) is 2.46. The highest BCUT2D eigenvalue weighted by atomic mass is 16.5. The molecule has 0 radical (unpaired) electrons. The Bertz CT molecular complexity index is 863. The summed E-state index contributed by atoms with van der Waals surface area (Å²) in [6.07, 6.45) is 1.26. The van der Waals surface area contributed by atoms with Crippen LogP contribution in [-0.2, 0) is 4.74 Å². The summed E-state index contributed by atoms with van der Waals surface area (Å²) in [6, 6.07) is 1.46.